The van der Waals surface area contributed by atoms with Gasteiger partial charge in [0.25, 0.3) is 0 Å². The first-order valence-electron chi connectivity index (χ1n) is 5.93. The second-order valence-electron chi connectivity index (χ2n) is 5.05. The van der Waals surface area contributed by atoms with Gasteiger partial charge in [0.05, 0.1) is 12.1 Å². The number of rotatable bonds is 6. The van der Waals surface area contributed by atoms with E-state index in [0.29, 0.717) is 18.8 Å². The summed E-state index contributed by atoms with van der Waals surface area (Å²) in [4.78, 5) is 25.9. The van der Waals surface area contributed by atoms with Crippen LogP contribution in [0.25, 0.3) is 0 Å². The second kappa shape index (κ2) is 6.60. The minimum atomic E-state index is -1.05. The molecule has 6 nitrogen and oxygen atoms in total. The van der Waals surface area contributed by atoms with E-state index in [2.05, 4.69) is 31.1 Å². The van der Waals surface area contributed by atoms with E-state index in [9.17, 15) is 9.59 Å². The molecule has 0 radical (unpaired) electrons. The Labute approximate surface area is 116 Å². The minimum Gasteiger partial charge on any atom is -0.476 e. The van der Waals surface area contributed by atoms with Gasteiger partial charge < -0.3 is 15.0 Å². The Morgan fingerprint density at radius 3 is 2.68 bits per heavy atom. The number of carboxylic acids is 1. The van der Waals surface area contributed by atoms with Crippen LogP contribution in [0.3, 0.4) is 0 Å². The van der Waals surface area contributed by atoms with Gasteiger partial charge in [0.15, 0.2) is 5.69 Å². The van der Waals surface area contributed by atoms with Crippen LogP contribution in [0.5, 0.6) is 0 Å². The Balaban J connectivity index is 2.26. The molecule has 0 aliphatic carbocycles. The number of carbonyl (C=O) groups excluding carboxylic acids is 1. The lowest BCUT2D eigenvalue weighted by Crippen LogP contribution is -2.29. The van der Waals surface area contributed by atoms with Crippen LogP contribution >= 0.6 is 11.8 Å². The van der Waals surface area contributed by atoms with Gasteiger partial charge in [0, 0.05) is 24.0 Å². The van der Waals surface area contributed by atoms with Gasteiger partial charge in [-0.2, -0.15) is 0 Å². The number of carboxylic acid groups (broad SMARTS) is 1. The summed E-state index contributed by atoms with van der Waals surface area (Å²) in [6.07, 6.45) is 2.89. The molecule has 0 saturated heterocycles. The molecule has 19 heavy (non-hydrogen) atoms. The zero-order valence-corrected chi connectivity index (χ0v) is 12.2. The van der Waals surface area contributed by atoms with Crippen LogP contribution in [-0.4, -0.2) is 43.6 Å². The molecule has 0 spiro atoms. The fourth-order valence-electron chi connectivity index (χ4n) is 1.25. The van der Waals surface area contributed by atoms with Gasteiger partial charge in [-0.1, -0.05) is 20.8 Å². The summed E-state index contributed by atoms with van der Waals surface area (Å²) in [5.41, 5.74) is 0.00890. The maximum absolute atomic E-state index is 11.5. The number of hydrogen-bond donors (Lipinski definition) is 2. The predicted molar refractivity (Wildman–Crippen MR) is 74.4 cm³/mol. The van der Waals surface area contributed by atoms with Crippen LogP contribution in [0.2, 0.25) is 0 Å². The summed E-state index contributed by atoms with van der Waals surface area (Å²) in [7, 11) is 0. The molecule has 0 saturated carbocycles. The molecule has 1 aromatic rings. The number of imidazole rings is 1. The van der Waals surface area contributed by atoms with E-state index >= 15 is 0 Å². The molecule has 1 heterocycles. The van der Waals surface area contributed by atoms with Gasteiger partial charge in [-0.3, -0.25) is 4.79 Å². The van der Waals surface area contributed by atoms with Gasteiger partial charge in [-0.15, -0.1) is 11.8 Å². The van der Waals surface area contributed by atoms with Crippen molar-refractivity contribution in [3.05, 3.63) is 18.2 Å². The second-order valence-corrected chi connectivity index (χ2v) is 6.85. The van der Waals surface area contributed by atoms with Crippen LogP contribution in [0.1, 0.15) is 31.3 Å². The maximum Gasteiger partial charge on any atom is 0.356 e. The smallest absolute Gasteiger partial charge is 0.356 e. The third-order valence-electron chi connectivity index (χ3n) is 2.18. The van der Waals surface area contributed by atoms with Crippen molar-refractivity contribution in [2.45, 2.75) is 32.1 Å². The van der Waals surface area contributed by atoms with Crippen molar-refractivity contribution < 1.29 is 14.7 Å². The summed E-state index contributed by atoms with van der Waals surface area (Å²) in [6, 6.07) is 0. The molecular weight excluding hydrogens is 266 g/mol. The zero-order chi connectivity index (χ0) is 14.5. The number of carbonyl (C=O) groups is 2. The number of hydrogen-bond acceptors (Lipinski definition) is 4. The van der Waals surface area contributed by atoms with Gasteiger partial charge in [0.2, 0.25) is 5.91 Å². The highest BCUT2D eigenvalue weighted by atomic mass is 32.2. The molecule has 1 rings (SSSR count). The molecule has 0 aliphatic rings. The maximum atomic E-state index is 11.5. The fourth-order valence-corrected chi connectivity index (χ4v) is 1.92. The number of thioether (sulfide) groups is 1. The van der Waals surface area contributed by atoms with Crippen molar-refractivity contribution in [2.24, 2.45) is 0 Å². The number of aromatic nitrogens is 2. The molecule has 0 aromatic carbocycles. The average Bonchev–Trinajstić information content (AvgIpc) is 2.74. The van der Waals surface area contributed by atoms with Gasteiger partial charge in [-0.05, 0) is 0 Å². The highest BCUT2D eigenvalue weighted by Crippen LogP contribution is 2.22. The molecule has 1 aromatic heterocycles. The lowest BCUT2D eigenvalue weighted by atomic mass is 10.3. The number of amides is 1. The van der Waals surface area contributed by atoms with Crippen molar-refractivity contribution in [3.63, 3.8) is 0 Å². The topological polar surface area (TPSA) is 84.2 Å². The molecule has 0 atom stereocenters. The van der Waals surface area contributed by atoms with Crippen LogP contribution < -0.4 is 5.32 Å². The van der Waals surface area contributed by atoms with Crippen LogP contribution in [0.4, 0.5) is 0 Å². The Bertz CT molecular complexity index is 451. The summed E-state index contributed by atoms with van der Waals surface area (Å²) < 4.78 is 1.71. The van der Waals surface area contributed by atoms with Gasteiger partial charge in [0.1, 0.15) is 0 Å². The molecule has 1 amide bonds. The van der Waals surface area contributed by atoms with Gasteiger partial charge >= 0.3 is 5.97 Å². The highest BCUT2D eigenvalue weighted by Gasteiger charge is 2.13. The minimum absolute atomic E-state index is 0.00890. The van der Waals surface area contributed by atoms with Crippen molar-refractivity contribution in [2.75, 3.05) is 12.3 Å². The van der Waals surface area contributed by atoms with E-state index in [4.69, 9.17) is 5.11 Å². The highest BCUT2D eigenvalue weighted by molar-refractivity contribution is 8.01. The summed E-state index contributed by atoms with van der Waals surface area (Å²) in [5, 5.41) is 11.5. The van der Waals surface area contributed by atoms with E-state index < -0.39 is 5.97 Å². The van der Waals surface area contributed by atoms with Crippen molar-refractivity contribution >= 4 is 23.6 Å². The first kappa shape index (κ1) is 15.6. The molecule has 0 unspecified atom stereocenters. The fraction of sp³-hybridized carbons (Fsp3) is 0.583. The molecule has 2 N–H and O–H groups in total. The molecular formula is C12H19N3O3S. The summed E-state index contributed by atoms with van der Waals surface area (Å²) in [5.74, 6) is -0.642. The van der Waals surface area contributed by atoms with E-state index in [1.165, 1.54) is 12.5 Å². The lowest BCUT2D eigenvalue weighted by Gasteiger charge is -2.16. The molecule has 106 valence electrons. The number of aromatic carboxylic acids is 1. The normalized spacial score (nSPS) is 11.3. The summed E-state index contributed by atoms with van der Waals surface area (Å²) in [6.45, 7) is 7.14. The van der Waals surface area contributed by atoms with Crippen LogP contribution in [0, 0.1) is 0 Å². The largest absolute Gasteiger partial charge is 0.476 e. The number of nitrogens with zero attached hydrogens (tertiary/aromatic N) is 2. The Kier molecular flexibility index (Phi) is 5.41. The van der Waals surface area contributed by atoms with Gasteiger partial charge in [-0.25, -0.2) is 9.78 Å². The average molecular weight is 285 g/mol. The standard InChI is InChI=1S/C12H19N3O3S/c1-12(2,3)19-7-10(16)13-4-5-15-6-9(11(17)18)14-8-15/h6,8H,4-5,7H2,1-3H3,(H,13,16)(H,17,18). The Morgan fingerprint density at radius 2 is 2.16 bits per heavy atom. The first-order valence-corrected chi connectivity index (χ1v) is 6.92. The van der Waals surface area contributed by atoms with Crippen LogP contribution in [0.15, 0.2) is 12.5 Å². The Morgan fingerprint density at radius 1 is 1.47 bits per heavy atom. The summed E-state index contributed by atoms with van der Waals surface area (Å²) >= 11 is 1.59. The van der Waals surface area contributed by atoms with Crippen molar-refractivity contribution in [3.8, 4) is 0 Å². The molecule has 0 bridgehead atoms. The molecule has 0 aliphatic heterocycles. The Hall–Kier alpha value is -1.50. The third kappa shape index (κ3) is 6.28. The van der Waals surface area contributed by atoms with E-state index in [1.54, 1.807) is 16.3 Å². The number of nitrogens with one attached hydrogen (secondary N) is 1. The van der Waals surface area contributed by atoms with E-state index in [-0.39, 0.29) is 16.3 Å². The SMILES string of the molecule is CC(C)(C)SCC(=O)NCCn1cnc(C(=O)O)c1. The first-order chi connectivity index (χ1) is 8.78. The molecule has 0 fully saturated rings. The monoisotopic (exact) mass is 285 g/mol. The quantitative estimate of drug-likeness (QED) is 0.821. The lowest BCUT2D eigenvalue weighted by molar-refractivity contribution is -0.118. The predicted octanol–water partition coefficient (Wildman–Crippen LogP) is 1.23. The van der Waals surface area contributed by atoms with Crippen molar-refractivity contribution in [1.82, 2.24) is 14.9 Å². The van der Waals surface area contributed by atoms with E-state index in [1.807, 2.05) is 0 Å². The van der Waals surface area contributed by atoms with Crippen molar-refractivity contribution in [1.29, 1.82) is 0 Å². The zero-order valence-electron chi connectivity index (χ0n) is 11.3. The third-order valence-corrected chi connectivity index (χ3v) is 3.45. The molecule has 7 heteroatoms. The van der Waals surface area contributed by atoms with E-state index in [0.717, 1.165) is 0 Å². The van der Waals surface area contributed by atoms with Crippen LogP contribution in [-0.2, 0) is 11.3 Å².